The Morgan fingerprint density at radius 3 is 2.73 bits per heavy atom. The predicted octanol–water partition coefficient (Wildman–Crippen LogP) is 3.40. The van der Waals surface area contributed by atoms with Crippen LogP contribution in [0.15, 0.2) is 16.5 Å². The van der Waals surface area contributed by atoms with Crippen LogP contribution < -0.4 is 0 Å². The van der Waals surface area contributed by atoms with Crippen LogP contribution in [0, 0.1) is 31.1 Å². The van der Waals surface area contributed by atoms with E-state index in [2.05, 4.69) is 11.1 Å². The van der Waals surface area contributed by atoms with E-state index in [9.17, 15) is 4.79 Å². The molecule has 3 rings (SSSR count). The fourth-order valence-electron chi connectivity index (χ4n) is 2.60. The topological polar surface area (TPSA) is 70.1 Å². The minimum absolute atomic E-state index is 0.0147. The van der Waals surface area contributed by atoms with Crippen molar-refractivity contribution in [1.29, 1.82) is 5.26 Å². The first-order chi connectivity index (χ1) is 10.6. The Kier molecular flexibility index (Phi) is 3.99. The van der Waals surface area contributed by atoms with E-state index in [0.717, 1.165) is 29.3 Å². The highest BCUT2D eigenvalue weighted by molar-refractivity contribution is 7.17. The summed E-state index contributed by atoms with van der Waals surface area (Å²) in [5.74, 6) is 1.62. The fourth-order valence-corrected chi connectivity index (χ4v) is 3.60. The van der Waals surface area contributed by atoms with Gasteiger partial charge >= 0.3 is 0 Å². The normalized spacial score (nSPS) is 15.8. The summed E-state index contributed by atoms with van der Waals surface area (Å²) in [7, 11) is 0. The summed E-state index contributed by atoms with van der Waals surface area (Å²) in [5, 5.41) is 9.67. The number of furan rings is 1. The molecule has 0 aliphatic carbocycles. The number of carbonyl (C=O) groups excluding carboxylic acids is 1. The largest absolute Gasteiger partial charge is 0.459 e. The van der Waals surface area contributed by atoms with Gasteiger partial charge in [0.05, 0.1) is 11.8 Å². The standard InChI is InChI=1S/C16H17N3O2S/c1-10-3-4-13(21-10)15-18-11(2)14(22-15)16(20)19-7-5-12(9-17)6-8-19/h3-4,12H,5-8H2,1-2H3. The Hall–Kier alpha value is -2.13. The molecular weight excluding hydrogens is 298 g/mol. The molecule has 2 aromatic heterocycles. The van der Waals surface area contributed by atoms with E-state index in [-0.39, 0.29) is 11.8 Å². The zero-order valence-electron chi connectivity index (χ0n) is 12.6. The summed E-state index contributed by atoms with van der Waals surface area (Å²) in [5.41, 5.74) is 0.737. The van der Waals surface area contributed by atoms with Crippen LogP contribution >= 0.6 is 11.3 Å². The molecule has 1 saturated heterocycles. The Bertz CT molecular complexity index is 733. The molecule has 0 radical (unpaired) electrons. The second-order valence-electron chi connectivity index (χ2n) is 5.54. The first kappa shape index (κ1) is 14.8. The number of amides is 1. The molecule has 0 aromatic carbocycles. The molecular formula is C16H17N3O2S. The van der Waals surface area contributed by atoms with Gasteiger partial charge in [-0.25, -0.2) is 4.98 Å². The molecule has 22 heavy (non-hydrogen) atoms. The fraction of sp³-hybridized carbons (Fsp3) is 0.438. The van der Waals surface area contributed by atoms with E-state index in [4.69, 9.17) is 9.68 Å². The van der Waals surface area contributed by atoms with Gasteiger partial charge in [-0.3, -0.25) is 4.79 Å². The molecule has 5 nitrogen and oxygen atoms in total. The monoisotopic (exact) mass is 315 g/mol. The number of piperidine rings is 1. The van der Waals surface area contributed by atoms with Crippen LogP contribution in [-0.4, -0.2) is 28.9 Å². The van der Waals surface area contributed by atoms with Crippen molar-refractivity contribution >= 4 is 17.2 Å². The van der Waals surface area contributed by atoms with Gasteiger partial charge in [0.1, 0.15) is 10.6 Å². The zero-order valence-corrected chi connectivity index (χ0v) is 13.4. The quantitative estimate of drug-likeness (QED) is 0.851. The number of nitrogens with zero attached hydrogens (tertiary/aromatic N) is 3. The summed E-state index contributed by atoms with van der Waals surface area (Å²) in [6.07, 6.45) is 1.51. The number of thiazole rings is 1. The van der Waals surface area contributed by atoms with Crippen molar-refractivity contribution < 1.29 is 9.21 Å². The van der Waals surface area contributed by atoms with E-state index in [1.54, 1.807) is 0 Å². The van der Waals surface area contributed by atoms with Gasteiger partial charge in [-0.2, -0.15) is 5.26 Å². The number of aryl methyl sites for hydroxylation is 2. The summed E-state index contributed by atoms with van der Waals surface area (Å²) in [6, 6.07) is 6.05. The molecule has 0 N–H and O–H groups in total. The number of nitriles is 1. The van der Waals surface area contributed by atoms with Gasteiger partial charge in [-0.1, -0.05) is 0 Å². The lowest BCUT2D eigenvalue weighted by Gasteiger charge is -2.28. The summed E-state index contributed by atoms with van der Waals surface area (Å²) < 4.78 is 5.58. The van der Waals surface area contributed by atoms with Crippen LogP contribution in [0.2, 0.25) is 0 Å². The van der Waals surface area contributed by atoms with Gasteiger partial charge in [-0.15, -0.1) is 11.3 Å². The van der Waals surface area contributed by atoms with E-state index in [0.29, 0.717) is 23.7 Å². The molecule has 1 aliphatic rings. The van der Waals surface area contributed by atoms with Crippen LogP contribution in [-0.2, 0) is 0 Å². The van der Waals surface area contributed by atoms with Crippen molar-refractivity contribution in [3.8, 4) is 16.8 Å². The molecule has 0 saturated carbocycles. The Balaban J connectivity index is 1.79. The highest BCUT2D eigenvalue weighted by Gasteiger charge is 2.26. The molecule has 114 valence electrons. The second-order valence-corrected chi connectivity index (χ2v) is 6.54. The van der Waals surface area contributed by atoms with Crippen LogP contribution in [0.4, 0.5) is 0 Å². The van der Waals surface area contributed by atoms with Crippen molar-refractivity contribution in [2.45, 2.75) is 26.7 Å². The van der Waals surface area contributed by atoms with Gasteiger partial charge in [-0.05, 0) is 38.8 Å². The third-order valence-electron chi connectivity index (χ3n) is 3.91. The molecule has 1 aliphatic heterocycles. The van der Waals surface area contributed by atoms with Gasteiger partial charge < -0.3 is 9.32 Å². The van der Waals surface area contributed by atoms with E-state index >= 15 is 0 Å². The molecule has 0 bridgehead atoms. The molecule has 0 atom stereocenters. The molecule has 1 fully saturated rings. The van der Waals surface area contributed by atoms with Gasteiger partial charge in [0, 0.05) is 19.0 Å². The summed E-state index contributed by atoms with van der Waals surface area (Å²) >= 11 is 1.37. The third kappa shape index (κ3) is 2.77. The Morgan fingerprint density at radius 1 is 1.41 bits per heavy atom. The van der Waals surface area contributed by atoms with Gasteiger partial charge in [0.2, 0.25) is 0 Å². The maximum absolute atomic E-state index is 12.6. The average molecular weight is 315 g/mol. The van der Waals surface area contributed by atoms with E-state index < -0.39 is 0 Å². The predicted molar refractivity (Wildman–Crippen MR) is 83.5 cm³/mol. The second kappa shape index (κ2) is 5.93. The lowest BCUT2D eigenvalue weighted by atomic mass is 9.98. The van der Waals surface area contributed by atoms with Crippen LogP contribution in [0.1, 0.15) is 34.0 Å². The van der Waals surface area contributed by atoms with Crippen molar-refractivity contribution in [1.82, 2.24) is 9.88 Å². The lowest BCUT2D eigenvalue weighted by molar-refractivity contribution is 0.0711. The van der Waals surface area contributed by atoms with Gasteiger partial charge in [0.25, 0.3) is 5.91 Å². The SMILES string of the molecule is Cc1ccc(-c2nc(C)c(C(=O)N3CCC(C#N)CC3)s2)o1. The maximum Gasteiger partial charge on any atom is 0.265 e. The minimum atomic E-state index is 0.0147. The Morgan fingerprint density at radius 2 is 2.14 bits per heavy atom. The molecule has 0 unspecified atom stereocenters. The molecule has 0 spiro atoms. The Labute approximate surface area is 133 Å². The summed E-state index contributed by atoms with van der Waals surface area (Å²) in [6.45, 7) is 5.02. The number of hydrogen-bond acceptors (Lipinski definition) is 5. The number of aromatic nitrogens is 1. The maximum atomic E-state index is 12.6. The molecule has 6 heteroatoms. The highest BCUT2D eigenvalue weighted by atomic mass is 32.1. The molecule has 1 amide bonds. The van der Waals surface area contributed by atoms with E-state index in [1.165, 1.54) is 11.3 Å². The first-order valence-corrected chi connectivity index (χ1v) is 8.13. The lowest BCUT2D eigenvalue weighted by Crippen LogP contribution is -2.38. The van der Waals surface area contributed by atoms with Crippen molar-refractivity contribution in [2.75, 3.05) is 13.1 Å². The molecule has 2 aromatic rings. The van der Waals surface area contributed by atoms with Crippen LogP contribution in [0.5, 0.6) is 0 Å². The third-order valence-corrected chi connectivity index (χ3v) is 5.07. The smallest absolute Gasteiger partial charge is 0.265 e. The first-order valence-electron chi connectivity index (χ1n) is 7.31. The van der Waals surface area contributed by atoms with Crippen LogP contribution in [0.3, 0.4) is 0 Å². The minimum Gasteiger partial charge on any atom is -0.459 e. The van der Waals surface area contributed by atoms with Crippen molar-refractivity contribution in [2.24, 2.45) is 5.92 Å². The molecule has 3 heterocycles. The van der Waals surface area contributed by atoms with Gasteiger partial charge in [0.15, 0.2) is 10.8 Å². The number of carbonyl (C=O) groups is 1. The summed E-state index contributed by atoms with van der Waals surface area (Å²) in [4.78, 5) is 19.6. The number of rotatable bonds is 2. The van der Waals surface area contributed by atoms with Crippen molar-refractivity contribution in [3.63, 3.8) is 0 Å². The number of hydrogen-bond donors (Lipinski definition) is 0. The average Bonchev–Trinajstić information content (AvgIpc) is 3.12. The number of likely N-dealkylation sites (tertiary alicyclic amines) is 1. The van der Waals surface area contributed by atoms with Crippen molar-refractivity contribution in [3.05, 3.63) is 28.5 Å². The highest BCUT2D eigenvalue weighted by Crippen LogP contribution is 2.30. The van der Waals surface area contributed by atoms with Crippen LogP contribution in [0.25, 0.3) is 10.8 Å². The zero-order chi connectivity index (χ0) is 15.7. The van der Waals surface area contributed by atoms with E-state index in [1.807, 2.05) is 30.9 Å².